The Morgan fingerprint density at radius 2 is 2.03 bits per heavy atom. The van der Waals surface area contributed by atoms with Gasteiger partial charge in [-0.05, 0) is 42.6 Å². The zero-order valence-corrected chi connectivity index (χ0v) is 17.7. The van der Waals surface area contributed by atoms with Crippen molar-refractivity contribution < 1.29 is 14.0 Å². The predicted molar refractivity (Wildman–Crippen MR) is 113 cm³/mol. The molecule has 2 aromatic heterocycles. The van der Waals surface area contributed by atoms with Crippen LogP contribution in [0.2, 0.25) is 0 Å². The van der Waals surface area contributed by atoms with Gasteiger partial charge in [0, 0.05) is 25.1 Å². The van der Waals surface area contributed by atoms with Crippen LogP contribution in [0.4, 0.5) is 0 Å². The van der Waals surface area contributed by atoms with Crippen LogP contribution in [0.25, 0.3) is 11.6 Å². The summed E-state index contributed by atoms with van der Waals surface area (Å²) in [5.41, 5.74) is 1.88. The molecule has 4 rings (SSSR count). The maximum absolute atomic E-state index is 5.86. The predicted octanol–water partition coefficient (Wildman–Crippen LogP) is 4.16. The molecule has 0 saturated carbocycles. The Morgan fingerprint density at radius 1 is 1.17 bits per heavy atom. The number of hydrogen-bond donors (Lipinski definition) is 0. The zero-order chi connectivity index (χ0) is 20.9. The van der Waals surface area contributed by atoms with E-state index in [4.69, 9.17) is 14.0 Å². The van der Waals surface area contributed by atoms with E-state index < -0.39 is 0 Å². The molecule has 0 spiro atoms. The van der Waals surface area contributed by atoms with Gasteiger partial charge in [-0.2, -0.15) is 4.98 Å². The Bertz CT molecular complexity index is 972. The molecule has 1 atom stereocenters. The lowest BCUT2D eigenvalue weighted by Crippen LogP contribution is -2.20. The number of methoxy groups -OCH3 is 1. The average Bonchev–Trinajstić information content (AvgIpc) is 3.42. The normalized spacial score (nSPS) is 16.9. The molecule has 1 unspecified atom stereocenters. The van der Waals surface area contributed by atoms with Crippen LogP contribution in [0.15, 0.2) is 47.0 Å². The van der Waals surface area contributed by atoms with Gasteiger partial charge in [-0.25, -0.2) is 4.98 Å². The van der Waals surface area contributed by atoms with Gasteiger partial charge >= 0.3 is 0 Å². The molecule has 0 N–H and O–H groups in total. The molecule has 30 heavy (non-hydrogen) atoms. The first kappa shape index (κ1) is 20.3. The monoisotopic (exact) mass is 408 g/mol. The SMILES string of the molecule is COc1cccc(-c2nc(C3CCN(Cc4cccc(OCC(C)C)c4)C3)no2)n1. The number of ether oxygens (including phenoxy) is 2. The molecule has 7 nitrogen and oxygen atoms in total. The minimum atomic E-state index is 0.258. The van der Waals surface area contributed by atoms with Crippen LogP contribution >= 0.6 is 0 Å². The largest absolute Gasteiger partial charge is 0.493 e. The van der Waals surface area contributed by atoms with Crippen LogP contribution in [0, 0.1) is 5.92 Å². The first-order valence-electron chi connectivity index (χ1n) is 10.4. The molecule has 1 saturated heterocycles. The van der Waals surface area contributed by atoms with Crippen LogP contribution < -0.4 is 9.47 Å². The number of benzene rings is 1. The van der Waals surface area contributed by atoms with Crippen molar-refractivity contribution in [3.05, 3.63) is 53.9 Å². The summed E-state index contributed by atoms with van der Waals surface area (Å²) >= 11 is 0. The number of likely N-dealkylation sites (tertiary alicyclic amines) is 1. The highest BCUT2D eigenvalue weighted by molar-refractivity contribution is 5.47. The Balaban J connectivity index is 1.37. The van der Waals surface area contributed by atoms with Crippen molar-refractivity contribution in [2.24, 2.45) is 5.92 Å². The van der Waals surface area contributed by atoms with Crippen LogP contribution in [0.5, 0.6) is 11.6 Å². The van der Waals surface area contributed by atoms with Gasteiger partial charge in [-0.15, -0.1) is 0 Å². The highest BCUT2D eigenvalue weighted by Gasteiger charge is 2.28. The molecular weight excluding hydrogens is 380 g/mol. The van der Waals surface area contributed by atoms with E-state index in [-0.39, 0.29) is 5.92 Å². The fraction of sp³-hybridized carbons (Fsp3) is 0.435. The van der Waals surface area contributed by atoms with Crippen LogP contribution in [-0.4, -0.2) is 46.8 Å². The molecular formula is C23H28N4O3. The first-order chi connectivity index (χ1) is 14.6. The van der Waals surface area contributed by atoms with Crippen molar-refractivity contribution in [2.75, 3.05) is 26.8 Å². The van der Waals surface area contributed by atoms with Crippen molar-refractivity contribution >= 4 is 0 Å². The molecule has 1 aliphatic heterocycles. The van der Waals surface area contributed by atoms with Gasteiger partial charge in [0.05, 0.1) is 13.7 Å². The molecule has 3 aromatic rings. The third-order valence-corrected chi connectivity index (χ3v) is 5.12. The van der Waals surface area contributed by atoms with Crippen LogP contribution in [-0.2, 0) is 6.54 Å². The Hall–Kier alpha value is -2.93. The van der Waals surface area contributed by atoms with Crippen molar-refractivity contribution in [1.82, 2.24) is 20.0 Å². The van der Waals surface area contributed by atoms with E-state index in [2.05, 4.69) is 52.1 Å². The van der Waals surface area contributed by atoms with Crippen molar-refractivity contribution in [1.29, 1.82) is 0 Å². The number of aromatic nitrogens is 3. The lowest BCUT2D eigenvalue weighted by molar-refractivity contribution is 0.270. The molecule has 3 heterocycles. The maximum atomic E-state index is 5.86. The summed E-state index contributed by atoms with van der Waals surface area (Å²) in [5, 5.41) is 4.21. The molecule has 158 valence electrons. The molecule has 0 aliphatic carbocycles. The molecule has 0 amide bonds. The smallest absolute Gasteiger partial charge is 0.276 e. The van der Waals surface area contributed by atoms with Crippen molar-refractivity contribution in [2.45, 2.75) is 32.7 Å². The van der Waals surface area contributed by atoms with Gasteiger partial charge in [0.25, 0.3) is 5.89 Å². The zero-order valence-electron chi connectivity index (χ0n) is 17.7. The van der Waals surface area contributed by atoms with Crippen molar-refractivity contribution in [3.63, 3.8) is 0 Å². The number of pyridine rings is 1. The summed E-state index contributed by atoms with van der Waals surface area (Å²) in [5.74, 6) is 3.40. The second-order valence-electron chi connectivity index (χ2n) is 8.10. The van der Waals surface area contributed by atoms with E-state index in [1.165, 1.54) is 5.56 Å². The van der Waals surface area contributed by atoms with Gasteiger partial charge in [0.2, 0.25) is 5.88 Å². The van der Waals surface area contributed by atoms with E-state index >= 15 is 0 Å². The second-order valence-corrected chi connectivity index (χ2v) is 8.10. The lowest BCUT2D eigenvalue weighted by Gasteiger charge is -2.16. The van der Waals surface area contributed by atoms with E-state index in [1.807, 2.05) is 18.2 Å². The summed E-state index contributed by atoms with van der Waals surface area (Å²) < 4.78 is 16.5. The molecule has 1 aliphatic rings. The van der Waals surface area contributed by atoms with Crippen molar-refractivity contribution in [3.8, 4) is 23.2 Å². The topological polar surface area (TPSA) is 73.5 Å². The van der Waals surface area contributed by atoms with Gasteiger partial charge < -0.3 is 14.0 Å². The molecule has 1 fully saturated rings. The maximum Gasteiger partial charge on any atom is 0.276 e. The summed E-state index contributed by atoms with van der Waals surface area (Å²) in [7, 11) is 1.59. The van der Waals surface area contributed by atoms with E-state index in [9.17, 15) is 0 Å². The van der Waals surface area contributed by atoms with Gasteiger partial charge in [-0.3, -0.25) is 4.90 Å². The Kier molecular flexibility index (Phi) is 6.28. The third kappa shape index (κ3) is 4.97. The Labute approximate surface area is 177 Å². The second kappa shape index (κ2) is 9.26. The van der Waals surface area contributed by atoms with E-state index in [1.54, 1.807) is 13.2 Å². The first-order valence-corrected chi connectivity index (χ1v) is 10.4. The van der Waals surface area contributed by atoms with Crippen LogP contribution in [0.1, 0.15) is 37.6 Å². The number of nitrogens with zero attached hydrogens (tertiary/aromatic N) is 4. The standard InChI is InChI=1S/C23H28N4O3/c1-16(2)15-29-19-7-4-6-17(12-19)13-27-11-10-18(14-27)22-25-23(30-26-22)20-8-5-9-21(24-20)28-3/h4-9,12,16,18H,10-11,13-15H2,1-3H3. The summed E-state index contributed by atoms with van der Waals surface area (Å²) in [4.78, 5) is 11.4. The summed E-state index contributed by atoms with van der Waals surface area (Å²) in [6.45, 7) is 7.84. The van der Waals surface area contributed by atoms with E-state index in [0.29, 0.717) is 23.4 Å². The number of hydrogen-bond acceptors (Lipinski definition) is 7. The van der Waals surface area contributed by atoms with Gasteiger partial charge in [0.1, 0.15) is 11.4 Å². The fourth-order valence-corrected chi connectivity index (χ4v) is 3.59. The average molecular weight is 409 g/mol. The highest BCUT2D eigenvalue weighted by atomic mass is 16.5. The third-order valence-electron chi connectivity index (χ3n) is 5.12. The van der Waals surface area contributed by atoms with Crippen LogP contribution in [0.3, 0.4) is 0 Å². The number of rotatable bonds is 8. The molecule has 7 heteroatoms. The van der Waals surface area contributed by atoms with E-state index in [0.717, 1.165) is 44.2 Å². The quantitative estimate of drug-likeness (QED) is 0.554. The van der Waals surface area contributed by atoms with Gasteiger partial charge in [-0.1, -0.05) is 37.2 Å². The fourth-order valence-electron chi connectivity index (χ4n) is 3.59. The lowest BCUT2D eigenvalue weighted by atomic mass is 10.1. The minimum Gasteiger partial charge on any atom is -0.493 e. The highest BCUT2D eigenvalue weighted by Crippen LogP contribution is 2.28. The molecule has 1 aromatic carbocycles. The van der Waals surface area contributed by atoms with Gasteiger partial charge in [0.15, 0.2) is 5.82 Å². The minimum absolute atomic E-state index is 0.258. The summed E-state index contributed by atoms with van der Waals surface area (Å²) in [6, 6.07) is 13.9. The summed E-state index contributed by atoms with van der Waals surface area (Å²) in [6.07, 6.45) is 1.01. The Morgan fingerprint density at radius 3 is 2.87 bits per heavy atom. The molecule has 0 radical (unpaired) electrons. The molecule has 0 bridgehead atoms.